The zero-order chi connectivity index (χ0) is 16.2. The van der Waals surface area contributed by atoms with E-state index >= 15 is 0 Å². The molecule has 0 radical (unpaired) electrons. The van der Waals surface area contributed by atoms with E-state index in [0.29, 0.717) is 0 Å². The normalized spacial score (nSPS) is 19.5. The molecule has 3 nitrogen and oxygen atoms in total. The molecule has 2 aliphatic heterocycles. The van der Waals surface area contributed by atoms with Gasteiger partial charge in [-0.3, -0.25) is 0 Å². The molecule has 0 aromatic heterocycles. The number of para-hydroxylation sites is 1. The van der Waals surface area contributed by atoms with Crippen molar-refractivity contribution in [2.45, 2.75) is 47.0 Å². The molecule has 0 saturated carbocycles. The molecule has 3 heteroatoms. The Balaban J connectivity index is 0.000000561. The van der Waals surface area contributed by atoms with Crippen molar-refractivity contribution >= 4 is 5.69 Å². The number of hydrazine groups is 1. The van der Waals surface area contributed by atoms with Gasteiger partial charge in [0, 0.05) is 45.0 Å². The van der Waals surface area contributed by atoms with E-state index in [0.717, 1.165) is 13.1 Å². The average Bonchev–Trinajstić information content (AvgIpc) is 2.67. The molecule has 2 saturated heterocycles. The molecule has 3 rings (SSSR count). The summed E-state index contributed by atoms with van der Waals surface area (Å²) in [7, 11) is 0. The third-order valence-corrected chi connectivity index (χ3v) is 4.11. The highest BCUT2D eigenvalue weighted by molar-refractivity contribution is 5.46. The number of anilines is 1. The van der Waals surface area contributed by atoms with Crippen LogP contribution in [0.25, 0.3) is 0 Å². The van der Waals surface area contributed by atoms with Gasteiger partial charge in [-0.15, -0.1) is 0 Å². The molecule has 1 aromatic rings. The Hall–Kier alpha value is -1.06. The molecule has 0 N–H and O–H groups in total. The fourth-order valence-corrected chi connectivity index (χ4v) is 3.04. The third kappa shape index (κ3) is 5.62. The first-order valence-electron chi connectivity index (χ1n) is 9.23. The van der Waals surface area contributed by atoms with Crippen LogP contribution in [0.5, 0.6) is 0 Å². The van der Waals surface area contributed by atoms with Gasteiger partial charge in [0.25, 0.3) is 0 Å². The fourth-order valence-electron chi connectivity index (χ4n) is 3.04. The highest BCUT2D eigenvalue weighted by Crippen LogP contribution is 2.18. The summed E-state index contributed by atoms with van der Waals surface area (Å²) >= 11 is 0. The van der Waals surface area contributed by atoms with E-state index in [1.54, 1.807) is 0 Å². The molecule has 0 atom stereocenters. The molecule has 0 aliphatic carbocycles. The highest BCUT2D eigenvalue weighted by atomic mass is 15.6. The van der Waals surface area contributed by atoms with Crippen LogP contribution in [-0.2, 0) is 0 Å². The molecule has 22 heavy (non-hydrogen) atoms. The minimum Gasteiger partial charge on any atom is -0.369 e. The van der Waals surface area contributed by atoms with Crippen molar-refractivity contribution in [1.82, 2.24) is 10.0 Å². The first kappa shape index (κ1) is 19.0. The van der Waals surface area contributed by atoms with Crippen LogP contribution in [0, 0.1) is 0 Å². The molecular formula is C19H35N3. The number of nitrogens with zero attached hydrogens (tertiary/aromatic N) is 3. The minimum absolute atomic E-state index is 1.15. The molecule has 0 unspecified atom stereocenters. The monoisotopic (exact) mass is 305 g/mol. The maximum absolute atomic E-state index is 2.58. The number of piperazine rings is 1. The molecular weight excluding hydrogens is 270 g/mol. The van der Waals surface area contributed by atoms with Gasteiger partial charge < -0.3 is 4.90 Å². The van der Waals surface area contributed by atoms with Gasteiger partial charge in [0.15, 0.2) is 0 Å². The van der Waals surface area contributed by atoms with Gasteiger partial charge >= 0.3 is 0 Å². The van der Waals surface area contributed by atoms with Gasteiger partial charge in [0.1, 0.15) is 0 Å². The van der Waals surface area contributed by atoms with E-state index in [1.807, 2.05) is 27.7 Å². The van der Waals surface area contributed by atoms with Crippen LogP contribution in [0.15, 0.2) is 30.3 Å². The van der Waals surface area contributed by atoms with Gasteiger partial charge in [-0.2, -0.15) is 0 Å². The van der Waals surface area contributed by atoms with Crippen molar-refractivity contribution in [1.29, 1.82) is 0 Å². The lowest BCUT2D eigenvalue weighted by molar-refractivity contribution is -0.0427. The van der Waals surface area contributed by atoms with E-state index < -0.39 is 0 Å². The van der Waals surface area contributed by atoms with E-state index in [9.17, 15) is 0 Å². The largest absolute Gasteiger partial charge is 0.369 e. The van der Waals surface area contributed by atoms with E-state index in [4.69, 9.17) is 0 Å². The second kappa shape index (κ2) is 11.5. The summed E-state index contributed by atoms with van der Waals surface area (Å²) in [6.07, 6.45) is 4.16. The number of hydrogen-bond acceptors (Lipinski definition) is 3. The Bertz CT molecular complexity index is 352. The molecule has 2 fully saturated rings. The predicted octanol–water partition coefficient (Wildman–Crippen LogP) is 4.26. The van der Waals surface area contributed by atoms with Crippen LogP contribution in [-0.4, -0.2) is 49.3 Å². The first-order valence-corrected chi connectivity index (χ1v) is 9.23. The lowest BCUT2D eigenvalue weighted by Gasteiger charge is -2.43. The molecule has 1 aromatic carbocycles. The first-order chi connectivity index (χ1) is 10.9. The maximum Gasteiger partial charge on any atom is 0.0367 e. The highest BCUT2D eigenvalue weighted by Gasteiger charge is 2.23. The maximum atomic E-state index is 2.58. The van der Waals surface area contributed by atoms with Gasteiger partial charge in [-0.25, -0.2) is 10.0 Å². The third-order valence-electron chi connectivity index (χ3n) is 4.11. The number of piperidine rings is 1. The number of rotatable bonds is 2. The number of benzene rings is 1. The summed E-state index contributed by atoms with van der Waals surface area (Å²) < 4.78 is 0. The predicted molar refractivity (Wildman–Crippen MR) is 98.3 cm³/mol. The Morgan fingerprint density at radius 1 is 0.591 bits per heavy atom. The standard InChI is InChI=1S/C15H23N3.2C2H6/c1-3-7-15(8-4-1)16-11-13-18(14-12-16)17-9-5-2-6-10-17;2*1-2/h1,3-4,7-8H,2,5-6,9-14H2;2*1-2H3. The molecule has 2 aliphatic rings. The van der Waals surface area contributed by atoms with E-state index in [2.05, 4.69) is 45.2 Å². The molecule has 0 spiro atoms. The molecule has 0 amide bonds. The Kier molecular flexibility index (Phi) is 9.93. The summed E-state index contributed by atoms with van der Waals surface area (Å²) in [5.74, 6) is 0. The van der Waals surface area contributed by atoms with Gasteiger partial charge in [0.2, 0.25) is 0 Å². The Morgan fingerprint density at radius 2 is 1.09 bits per heavy atom. The fraction of sp³-hybridized carbons (Fsp3) is 0.684. The van der Waals surface area contributed by atoms with Crippen molar-refractivity contribution in [2.75, 3.05) is 44.2 Å². The van der Waals surface area contributed by atoms with Crippen molar-refractivity contribution in [3.8, 4) is 0 Å². The second-order valence-electron chi connectivity index (χ2n) is 5.29. The summed E-state index contributed by atoms with van der Waals surface area (Å²) in [6, 6.07) is 10.8. The SMILES string of the molecule is CC.CC.c1ccc(N2CCN(N3CCCCC3)CC2)cc1. The van der Waals surface area contributed by atoms with Crippen LogP contribution >= 0.6 is 0 Å². The van der Waals surface area contributed by atoms with Crippen LogP contribution < -0.4 is 4.90 Å². The minimum atomic E-state index is 1.15. The lowest BCUT2D eigenvalue weighted by atomic mass is 10.1. The molecule has 126 valence electrons. The zero-order valence-electron chi connectivity index (χ0n) is 15.1. The van der Waals surface area contributed by atoms with Crippen LogP contribution in [0.2, 0.25) is 0 Å². The second-order valence-corrected chi connectivity index (χ2v) is 5.29. The summed E-state index contributed by atoms with van der Waals surface area (Å²) in [6.45, 7) is 15.2. The van der Waals surface area contributed by atoms with Crippen LogP contribution in [0.1, 0.15) is 47.0 Å². The average molecular weight is 306 g/mol. The quantitative estimate of drug-likeness (QED) is 0.808. The molecule has 0 bridgehead atoms. The number of hydrogen-bond donors (Lipinski definition) is 0. The Labute approximate surface area is 137 Å². The van der Waals surface area contributed by atoms with E-state index in [1.165, 1.54) is 51.1 Å². The topological polar surface area (TPSA) is 9.72 Å². The lowest BCUT2D eigenvalue weighted by Crippen LogP contribution is -2.55. The van der Waals surface area contributed by atoms with Crippen molar-refractivity contribution in [3.63, 3.8) is 0 Å². The van der Waals surface area contributed by atoms with Gasteiger partial charge in [-0.1, -0.05) is 52.3 Å². The summed E-state index contributed by atoms with van der Waals surface area (Å²) in [5, 5.41) is 5.14. The summed E-state index contributed by atoms with van der Waals surface area (Å²) in [5.41, 5.74) is 1.37. The van der Waals surface area contributed by atoms with Gasteiger partial charge in [-0.05, 0) is 25.0 Å². The van der Waals surface area contributed by atoms with Crippen molar-refractivity contribution < 1.29 is 0 Å². The van der Waals surface area contributed by atoms with Crippen molar-refractivity contribution in [2.24, 2.45) is 0 Å². The molecule has 2 heterocycles. The Morgan fingerprint density at radius 3 is 1.64 bits per heavy atom. The van der Waals surface area contributed by atoms with Gasteiger partial charge in [0.05, 0.1) is 0 Å². The van der Waals surface area contributed by atoms with Crippen LogP contribution in [0.3, 0.4) is 0 Å². The summed E-state index contributed by atoms with van der Waals surface area (Å²) in [4.78, 5) is 2.50. The van der Waals surface area contributed by atoms with E-state index in [-0.39, 0.29) is 0 Å². The van der Waals surface area contributed by atoms with Crippen molar-refractivity contribution in [3.05, 3.63) is 30.3 Å². The smallest absolute Gasteiger partial charge is 0.0367 e. The van der Waals surface area contributed by atoms with Crippen LogP contribution in [0.4, 0.5) is 5.69 Å². The zero-order valence-corrected chi connectivity index (χ0v) is 15.1.